The summed E-state index contributed by atoms with van der Waals surface area (Å²) in [5.41, 5.74) is 3.31. The molecule has 2 aromatic carbocycles. The van der Waals surface area contributed by atoms with Crippen molar-refractivity contribution in [1.29, 1.82) is 0 Å². The van der Waals surface area contributed by atoms with Gasteiger partial charge in [-0.3, -0.25) is 19.8 Å². The highest BCUT2D eigenvalue weighted by molar-refractivity contribution is 5.95. The molecule has 0 atom stereocenters. The molecule has 0 aliphatic carbocycles. The maximum Gasteiger partial charge on any atom is 0.293 e. The summed E-state index contributed by atoms with van der Waals surface area (Å²) in [5.74, 6) is -0.277. The minimum atomic E-state index is -0.483. The normalized spacial score (nSPS) is 11.5. The van der Waals surface area contributed by atoms with E-state index in [1.54, 1.807) is 19.1 Å². The van der Waals surface area contributed by atoms with Crippen LogP contribution in [0.5, 0.6) is 0 Å². The van der Waals surface area contributed by atoms with E-state index in [0.29, 0.717) is 12.1 Å². The Labute approximate surface area is 160 Å². The van der Waals surface area contributed by atoms with Crippen LogP contribution in [0.15, 0.2) is 42.5 Å². The lowest BCUT2D eigenvalue weighted by molar-refractivity contribution is -0.384. The van der Waals surface area contributed by atoms with Gasteiger partial charge in [-0.2, -0.15) is 0 Å². The van der Waals surface area contributed by atoms with Gasteiger partial charge in [0.25, 0.3) is 5.69 Å². The molecule has 1 N–H and O–H groups in total. The molecule has 0 radical (unpaired) electrons. The van der Waals surface area contributed by atoms with E-state index >= 15 is 0 Å². The lowest BCUT2D eigenvalue weighted by atomic mass is 9.87. The molecule has 0 aliphatic heterocycles. The Morgan fingerprint density at radius 3 is 2.33 bits per heavy atom. The maximum absolute atomic E-state index is 12.4. The summed E-state index contributed by atoms with van der Waals surface area (Å²) in [7, 11) is 1.85. The number of nitro benzene ring substituents is 1. The minimum absolute atomic E-state index is 0.0937. The van der Waals surface area contributed by atoms with Crippen LogP contribution in [-0.2, 0) is 16.8 Å². The maximum atomic E-state index is 12.4. The topological polar surface area (TPSA) is 75.5 Å². The van der Waals surface area contributed by atoms with Gasteiger partial charge < -0.3 is 5.32 Å². The predicted molar refractivity (Wildman–Crippen MR) is 108 cm³/mol. The Kier molecular flexibility index (Phi) is 6.33. The van der Waals surface area contributed by atoms with Crippen LogP contribution in [0.4, 0.5) is 11.4 Å². The fourth-order valence-electron chi connectivity index (χ4n) is 2.87. The Hall–Kier alpha value is -2.73. The SMILES string of the molecule is Cc1cccc([N+](=O)[O-])c1NC(=O)CN(C)Cc1ccc(C(C)(C)C)cc1. The van der Waals surface area contributed by atoms with Gasteiger partial charge in [-0.05, 0) is 36.1 Å². The summed E-state index contributed by atoms with van der Waals surface area (Å²) in [6.45, 7) is 9.01. The van der Waals surface area contributed by atoms with Crippen LogP contribution in [0.25, 0.3) is 0 Å². The predicted octanol–water partition coefficient (Wildman–Crippen LogP) is 4.27. The Balaban J connectivity index is 1.99. The second kappa shape index (κ2) is 8.31. The van der Waals surface area contributed by atoms with Crippen molar-refractivity contribution in [2.24, 2.45) is 0 Å². The number of carbonyl (C=O) groups is 1. The van der Waals surface area contributed by atoms with E-state index in [-0.39, 0.29) is 29.2 Å². The summed E-state index contributed by atoms with van der Waals surface area (Å²) >= 11 is 0. The number of aryl methyl sites for hydroxylation is 1. The van der Waals surface area contributed by atoms with Gasteiger partial charge in [0.15, 0.2) is 0 Å². The van der Waals surface area contributed by atoms with Gasteiger partial charge in [-0.15, -0.1) is 0 Å². The van der Waals surface area contributed by atoms with Crippen LogP contribution in [0.1, 0.15) is 37.5 Å². The molecule has 27 heavy (non-hydrogen) atoms. The van der Waals surface area contributed by atoms with Crippen LogP contribution in [0, 0.1) is 17.0 Å². The Morgan fingerprint density at radius 2 is 1.78 bits per heavy atom. The molecule has 0 fully saturated rings. The van der Waals surface area contributed by atoms with Crippen molar-refractivity contribution < 1.29 is 9.72 Å². The molecule has 0 bridgehead atoms. The van der Waals surface area contributed by atoms with Crippen molar-refractivity contribution in [2.45, 2.75) is 39.7 Å². The first-order chi connectivity index (χ1) is 12.6. The number of nitrogens with zero attached hydrogens (tertiary/aromatic N) is 2. The number of benzene rings is 2. The summed E-state index contributed by atoms with van der Waals surface area (Å²) in [5, 5.41) is 13.8. The van der Waals surface area contributed by atoms with Crippen LogP contribution >= 0.6 is 0 Å². The van der Waals surface area contributed by atoms with Crippen LogP contribution in [0.2, 0.25) is 0 Å². The lowest BCUT2D eigenvalue weighted by Gasteiger charge is -2.20. The monoisotopic (exact) mass is 369 g/mol. The molecule has 0 saturated carbocycles. The first kappa shape index (κ1) is 20.6. The molecule has 6 nitrogen and oxygen atoms in total. The first-order valence-electron chi connectivity index (χ1n) is 8.90. The van der Waals surface area contributed by atoms with Gasteiger partial charge >= 0.3 is 0 Å². The number of amides is 1. The average molecular weight is 369 g/mol. The largest absolute Gasteiger partial charge is 0.319 e. The molecule has 0 saturated heterocycles. The van der Waals surface area contributed by atoms with E-state index in [4.69, 9.17) is 0 Å². The second-order valence-electron chi connectivity index (χ2n) is 7.89. The standard InChI is InChI=1S/C21H27N3O3/c1-15-7-6-8-18(24(26)27)20(15)22-19(25)14-23(5)13-16-9-11-17(12-10-16)21(2,3)4/h6-12H,13-14H2,1-5H3,(H,22,25). The highest BCUT2D eigenvalue weighted by Gasteiger charge is 2.18. The molecule has 0 aliphatic rings. The van der Waals surface area contributed by atoms with Crippen LogP contribution < -0.4 is 5.32 Å². The van der Waals surface area contributed by atoms with Gasteiger partial charge in [-0.1, -0.05) is 57.2 Å². The number of likely N-dealkylation sites (N-methyl/N-ethyl adjacent to an activating group) is 1. The number of nitro groups is 1. The zero-order valence-electron chi connectivity index (χ0n) is 16.6. The van der Waals surface area contributed by atoms with Gasteiger partial charge in [0, 0.05) is 12.6 Å². The van der Waals surface area contributed by atoms with Crippen LogP contribution in [-0.4, -0.2) is 29.3 Å². The smallest absolute Gasteiger partial charge is 0.293 e. The molecular formula is C21H27N3O3. The van der Waals surface area contributed by atoms with Crippen LogP contribution in [0.3, 0.4) is 0 Å². The second-order valence-corrected chi connectivity index (χ2v) is 7.89. The molecule has 0 heterocycles. The van der Waals surface area contributed by atoms with Crippen molar-refractivity contribution in [3.05, 3.63) is 69.3 Å². The zero-order valence-corrected chi connectivity index (χ0v) is 16.6. The number of para-hydroxylation sites is 1. The fraction of sp³-hybridized carbons (Fsp3) is 0.381. The Morgan fingerprint density at radius 1 is 1.15 bits per heavy atom. The van der Waals surface area contributed by atoms with Crippen molar-refractivity contribution in [3.63, 3.8) is 0 Å². The van der Waals surface area contributed by atoms with Gasteiger partial charge in [0.2, 0.25) is 5.91 Å². The molecule has 0 unspecified atom stereocenters. The van der Waals surface area contributed by atoms with E-state index in [1.165, 1.54) is 11.6 Å². The molecule has 6 heteroatoms. The molecule has 0 spiro atoms. The number of carbonyl (C=O) groups excluding carboxylic acids is 1. The first-order valence-corrected chi connectivity index (χ1v) is 8.90. The van der Waals surface area contributed by atoms with E-state index in [9.17, 15) is 14.9 Å². The quantitative estimate of drug-likeness (QED) is 0.609. The highest BCUT2D eigenvalue weighted by Crippen LogP contribution is 2.27. The van der Waals surface area contributed by atoms with Crippen molar-refractivity contribution in [3.8, 4) is 0 Å². The third-order valence-corrected chi connectivity index (χ3v) is 4.40. The molecule has 144 valence electrons. The molecule has 2 aromatic rings. The van der Waals surface area contributed by atoms with Gasteiger partial charge in [0.05, 0.1) is 11.5 Å². The highest BCUT2D eigenvalue weighted by atomic mass is 16.6. The van der Waals surface area contributed by atoms with E-state index in [1.807, 2.05) is 11.9 Å². The summed E-state index contributed by atoms with van der Waals surface area (Å²) in [4.78, 5) is 24.9. The van der Waals surface area contributed by atoms with E-state index in [2.05, 4.69) is 50.4 Å². The average Bonchev–Trinajstić information content (AvgIpc) is 2.56. The molecular weight excluding hydrogens is 342 g/mol. The minimum Gasteiger partial charge on any atom is -0.319 e. The van der Waals surface area contributed by atoms with Crippen molar-refractivity contribution in [2.75, 3.05) is 18.9 Å². The third kappa shape index (κ3) is 5.62. The fourth-order valence-corrected chi connectivity index (χ4v) is 2.87. The molecule has 0 aromatic heterocycles. The Bertz CT molecular complexity index is 824. The van der Waals surface area contributed by atoms with Gasteiger partial charge in [-0.25, -0.2) is 0 Å². The third-order valence-electron chi connectivity index (χ3n) is 4.40. The van der Waals surface area contributed by atoms with Gasteiger partial charge in [0.1, 0.15) is 5.69 Å². The number of rotatable bonds is 6. The lowest BCUT2D eigenvalue weighted by Crippen LogP contribution is -2.30. The number of hydrogen-bond donors (Lipinski definition) is 1. The molecule has 1 amide bonds. The summed E-state index contributed by atoms with van der Waals surface area (Å²) in [6.07, 6.45) is 0. The zero-order chi connectivity index (χ0) is 20.2. The molecule has 2 rings (SSSR count). The van der Waals surface area contributed by atoms with Crippen molar-refractivity contribution >= 4 is 17.3 Å². The van der Waals surface area contributed by atoms with Crippen molar-refractivity contribution in [1.82, 2.24) is 4.90 Å². The van der Waals surface area contributed by atoms with E-state index in [0.717, 1.165) is 5.56 Å². The number of nitrogens with one attached hydrogen (secondary N) is 1. The summed E-state index contributed by atoms with van der Waals surface area (Å²) < 4.78 is 0. The summed E-state index contributed by atoms with van der Waals surface area (Å²) in [6, 6.07) is 13.1. The number of anilines is 1. The number of hydrogen-bond acceptors (Lipinski definition) is 4. The van der Waals surface area contributed by atoms with E-state index < -0.39 is 4.92 Å².